The van der Waals surface area contributed by atoms with Gasteiger partial charge in [0.1, 0.15) is 22.1 Å². The van der Waals surface area contributed by atoms with E-state index in [-0.39, 0.29) is 27.6 Å². The number of hydrogen-bond acceptors (Lipinski definition) is 7. The van der Waals surface area contributed by atoms with Crippen LogP contribution in [0.25, 0.3) is 5.76 Å². The van der Waals surface area contributed by atoms with Gasteiger partial charge in [0.25, 0.3) is 0 Å². The van der Waals surface area contributed by atoms with Crippen molar-refractivity contribution in [1.82, 2.24) is 4.98 Å². The molecule has 1 unspecified atom stereocenters. The number of rotatable bonds is 3. The fourth-order valence-corrected chi connectivity index (χ4v) is 3.82. The molecule has 1 aliphatic carbocycles. The number of fused-ring (bicyclic) bond motifs is 2. The summed E-state index contributed by atoms with van der Waals surface area (Å²) in [5, 5.41) is 10.5. The zero-order valence-corrected chi connectivity index (χ0v) is 17.2. The molecule has 0 amide bonds. The Morgan fingerprint density at radius 1 is 1.27 bits per heavy atom. The van der Waals surface area contributed by atoms with E-state index in [0.29, 0.717) is 17.6 Å². The highest BCUT2D eigenvalue weighted by Crippen LogP contribution is 2.46. The van der Waals surface area contributed by atoms with Crippen molar-refractivity contribution in [2.24, 2.45) is 0 Å². The van der Waals surface area contributed by atoms with E-state index < -0.39 is 28.7 Å². The van der Waals surface area contributed by atoms with Crippen molar-refractivity contribution in [1.29, 1.82) is 0 Å². The Hall–Kier alpha value is -3.19. The first kappa shape index (κ1) is 20.1. The molecule has 3 aliphatic rings. The molecule has 0 saturated heterocycles. The number of aliphatic hydroxyl groups excluding tert-OH is 1. The van der Waals surface area contributed by atoms with Crippen LogP contribution in [0.5, 0.6) is 0 Å². The zero-order valence-electron chi connectivity index (χ0n) is 16.5. The number of aromatic nitrogens is 1. The van der Waals surface area contributed by atoms with Gasteiger partial charge < -0.3 is 14.6 Å². The van der Waals surface area contributed by atoms with E-state index in [0.717, 1.165) is 6.08 Å². The third-order valence-electron chi connectivity index (χ3n) is 5.28. The predicted molar refractivity (Wildman–Crippen MR) is 107 cm³/mol. The number of allylic oxidation sites excluding steroid dienone is 1. The molecule has 7 nitrogen and oxygen atoms in total. The van der Waals surface area contributed by atoms with Crippen LogP contribution in [0, 0.1) is 0 Å². The zero-order chi connectivity index (χ0) is 21.8. The number of pyridine rings is 1. The summed E-state index contributed by atoms with van der Waals surface area (Å²) in [4.78, 5) is 42.3. The van der Waals surface area contributed by atoms with Crippen LogP contribution in [0.3, 0.4) is 0 Å². The number of esters is 1. The molecule has 1 aromatic rings. The molecule has 0 radical (unpaired) electrons. The van der Waals surface area contributed by atoms with E-state index in [1.54, 1.807) is 6.08 Å². The number of carbonyl (C=O) groups excluding carboxylic acids is 3. The molecule has 1 atom stereocenters. The van der Waals surface area contributed by atoms with Crippen molar-refractivity contribution in [2.45, 2.75) is 38.4 Å². The summed E-state index contributed by atoms with van der Waals surface area (Å²) >= 11 is 5.73. The lowest BCUT2D eigenvalue weighted by Crippen LogP contribution is -2.43. The van der Waals surface area contributed by atoms with Crippen molar-refractivity contribution in [3.8, 4) is 0 Å². The first-order valence-electron chi connectivity index (χ1n) is 9.20. The molecule has 2 aliphatic heterocycles. The minimum Gasteiger partial charge on any atom is -0.507 e. The lowest BCUT2D eigenvalue weighted by Gasteiger charge is -2.37. The van der Waals surface area contributed by atoms with Crippen LogP contribution in [0.15, 0.2) is 59.0 Å². The molecule has 30 heavy (non-hydrogen) atoms. The van der Waals surface area contributed by atoms with Gasteiger partial charge in [-0.15, -0.1) is 0 Å². The lowest BCUT2D eigenvalue weighted by molar-refractivity contribution is -0.153. The Morgan fingerprint density at radius 3 is 2.67 bits per heavy atom. The van der Waals surface area contributed by atoms with Crippen LogP contribution in [-0.4, -0.2) is 38.8 Å². The molecule has 4 rings (SSSR count). The number of carbonyl (C=O) groups is 3. The van der Waals surface area contributed by atoms with E-state index in [2.05, 4.69) is 4.98 Å². The van der Waals surface area contributed by atoms with Crippen LogP contribution in [0.4, 0.5) is 0 Å². The van der Waals surface area contributed by atoms with Gasteiger partial charge in [0.05, 0.1) is 11.8 Å². The van der Waals surface area contributed by atoms with E-state index in [9.17, 15) is 19.5 Å². The third kappa shape index (κ3) is 3.15. The van der Waals surface area contributed by atoms with E-state index in [4.69, 9.17) is 21.1 Å². The molecular weight excluding hydrogens is 410 g/mol. The summed E-state index contributed by atoms with van der Waals surface area (Å²) in [7, 11) is 0. The van der Waals surface area contributed by atoms with Gasteiger partial charge in [0.2, 0.25) is 5.78 Å². The fraction of sp³-hybridized carbons (Fsp3) is 0.273. The topological polar surface area (TPSA) is 103 Å². The minimum atomic E-state index is -1.62. The number of hydrogen-bond donors (Lipinski definition) is 1. The van der Waals surface area contributed by atoms with Crippen molar-refractivity contribution in [3.05, 3.63) is 69.8 Å². The molecule has 0 bridgehead atoms. The van der Waals surface area contributed by atoms with Crippen LogP contribution < -0.4 is 0 Å². The number of ketones is 2. The van der Waals surface area contributed by atoms with Gasteiger partial charge >= 0.3 is 5.97 Å². The van der Waals surface area contributed by atoms with Crippen molar-refractivity contribution < 1.29 is 29.0 Å². The Labute approximate surface area is 177 Å². The van der Waals surface area contributed by atoms with Crippen molar-refractivity contribution in [2.75, 3.05) is 0 Å². The second-order valence-corrected chi connectivity index (χ2v) is 8.45. The molecule has 3 heterocycles. The second kappa shape index (κ2) is 6.67. The van der Waals surface area contributed by atoms with E-state index >= 15 is 0 Å². The molecule has 0 spiro atoms. The van der Waals surface area contributed by atoms with Gasteiger partial charge in [0, 0.05) is 29.8 Å². The van der Waals surface area contributed by atoms with Crippen LogP contribution >= 0.6 is 11.6 Å². The monoisotopic (exact) mass is 427 g/mol. The number of Topliss-reactive ketones (excluding diaryl/α,β-unsaturated/α-hetero) is 1. The van der Waals surface area contributed by atoms with Crippen LogP contribution in [-0.2, 0) is 23.9 Å². The van der Waals surface area contributed by atoms with Crippen molar-refractivity contribution in [3.63, 3.8) is 0 Å². The van der Waals surface area contributed by atoms with Gasteiger partial charge in [-0.25, -0.2) is 9.78 Å². The maximum absolute atomic E-state index is 13.1. The molecular formula is C22H18ClNO6. The Bertz CT molecular complexity index is 1120. The predicted octanol–water partition coefficient (Wildman–Crippen LogP) is 3.41. The summed E-state index contributed by atoms with van der Waals surface area (Å²) in [5.41, 5.74) is -0.997. The Morgan fingerprint density at radius 2 is 2.00 bits per heavy atom. The number of halogens is 1. The smallest absolute Gasteiger partial charge is 0.343 e. The van der Waals surface area contributed by atoms with E-state index in [1.807, 2.05) is 13.8 Å². The average molecular weight is 428 g/mol. The van der Waals surface area contributed by atoms with Gasteiger partial charge in [0.15, 0.2) is 11.4 Å². The van der Waals surface area contributed by atoms with Crippen molar-refractivity contribution >= 4 is 34.9 Å². The summed E-state index contributed by atoms with van der Waals surface area (Å²) in [6.45, 7) is 5.19. The number of aliphatic hydroxyl groups is 1. The average Bonchev–Trinajstić information content (AvgIpc) is 2.92. The molecule has 1 N–H and O–H groups in total. The van der Waals surface area contributed by atoms with Gasteiger partial charge in [-0.1, -0.05) is 11.6 Å². The minimum absolute atomic E-state index is 0.186. The molecule has 0 saturated carbocycles. The first-order chi connectivity index (χ1) is 14.0. The van der Waals surface area contributed by atoms with Crippen LogP contribution in [0.2, 0.25) is 5.15 Å². The number of nitrogens with zero attached hydrogens (tertiary/aromatic N) is 1. The highest BCUT2D eigenvalue weighted by atomic mass is 35.5. The fourth-order valence-electron chi connectivity index (χ4n) is 3.71. The SMILES string of the molecule is CC1(C)CC2=CC3=C(C(=O)/C=C(\O)c4ccc(Cl)nc4)C(=O)OC3(C)C(=O)C2=CO1. The standard InChI is InChI=1S/C22H18ClNO6/c1-21(2)8-12-6-14-18(16(26)7-15(25)11-4-5-17(23)24-9-11)20(28)30-22(14,3)19(27)13(12)10-29-21/h4-7,9-10,25H,8H2,1-3H3/b15-7-. The molecule has 8 heteroatoms. The summed E-state index contributed by atoms with van der Waals surface area (Å²) in [5.74, 6) is -2.52. The third-order valence-corrected chi connectivity index (χ3v) is 5.50. The van der Waals surface area contributed by atoms with Gasteiger partial charge in [-0.3, -0.25) is 9.59 Å². The second-order valence-electron chi connectivity index (χ2n) is 8.06. The highest BCUT2D eigenvalue weighted by Gasteiger charge is 2.54. The Balaban J connectivity index is 1.80. The summed E-state index contributed by atoms with van der Waals surface area (Å²) in [6, 6.07) is 2.94. The maximum Gasteiger partial charge on any atom is 0.343 e. The molecule has 1 aromatic heterocycles. The van der Waals surface area contributed by atoms with Gasteiger partial charge in [-0.05, 0) is 44.6 Å². The van der Waals surface area contributed by atoms with Gasteiger partial charge in [-0.2, -0.15) is 0 Å². The Kier molecular flexibility index (Phi) is 4.47. The largest absolute Gasteiger partial charge is 0.507 e. The normalized spacial score (nSPS) is 25.0. The maximum atomic E-state index is 13.1. The highest BCUT2D eigenvalue weighted by molar-refractivity contribution is 6.29. The number of ether oxygens (including phenoxy) is 2. The molecule has 0 fully saturated rings. The quantitative estimate of drug-likeness (QED) is 0.259. The summed E-state index contributed by atoms with van der Waals surface area (Å²) < 4.78 is 10.9. The molecule has 0 aromatic carbocycles. The lowest BCUT2D eigenvalue weighted by atomic mass is 9.74. The first-order valence-corrected chi connectivity index (χ1v) is 9.58. The molecule has 154 valence electrons. The summed E-state index contributed by atoms with van der Waals surface area (Å²) in [6.07, 6.45) is 5.65. The van der Waals surface area contributed by atoms with Crippen LogP contribution in [0.1, 0.15) is 32.8 Å². The van der Waals surface area contributed by atoms with E-state index in [1.165, 1.54) is 31.5 Å².